The zero-order chi connectivity index (χ0) is 12.4. The van der Waals surface area contributed by atoms with E-state index in [0.717, 1.165) is 25.2 Å². The highest BCUT2D eigenvalue weighted by atomic mass is 16.4. The molecular weight excluding hydrogens is 226 g/mol. The van der Waals surface area contributed by atoms with Crippen LogP contribution >= 0.6 is 0 Å². The van der Waals surface area contributed by atoms with Crippen LogP contribution in [0.3, 0.4) is 0 Å². The molecule has 0 bridgehead atoms. The molecule has 3 rings (SSSR count). The lowest BCUT2D eigenvalue weighted by Gasteiger charge is -2.13. The van der Waals surface area contributed by atoms with Gasteiger partial charge in [-0.2, -0.15) is 4.98 Å². The zero-order valence-electron chi connectivity index (χ0n) is 10.2. The van der Waals surface area contributed by atoms with Gasteiger partial charge in [-0.1, -0.05) is 30.3 Å². The third kappa shape index (κ3) is 2.11. The summed E-state index contributed by atoms with van der Waals surface area (Å²) in [6.07, 6.45) is 2.79. The maximum absolute atomic E-state index is 5.54. The van der Waals surface area contributed by atoms with Crippen LogP contribution in [0.5, 0.6) is 0 Å². The van der Waals surface area contributed by atoms with Crippen LogP contribution in [0.15, 0.2) is 41.0 Å². The van der Waals surface area contributed by atoms with E-state index in [2.05, 4.69) is 40.2 Å². The second kappa shape index (κ2) is 4.82. The Hall–Kier alpha value is -1.81. The number of nitrogens with two attached hydrogens (primary N) is 1. The Labute approximate surface area is 106 Å². The first-order valence-corrected chi connectivity index (χ1v) is 6.31. The topological polar surface area (TPSA) is 55.3 Å². The maximum Gasteiger partial charge on any atom is 0.297 e. The van der Waals surface area contributed by atoms with Crippen LogP contribution in [0.25, 0.3) is 0 Å². The summed E-state index contributed by atoms with van der Waals surface area (Å²) in [6.45, 7) is 2.39. The van der Waals surface area contributed by atoms with E-state index in [0.29, 0.717) is 18.5 Å². The Balaban J connectivity index is 1.72. The van der Waals surface area contributed by atoms with E-state index in [1.54, 1.807) is 6.26 Å². The van der Waals surface area contributed by atoms with Gasteiger partial charge in [0.25, 0.3) is 6.01 Å². The number of benzene rings is 1. The van der Waals surface area contributed by atoms with Gasteiger partial charge in [-0.25, -0.2) is 0 Å². The minimum Gasteiger partial charge on any atom is -0.432 e. The van der Waals surface area contributed by atoms with Gasteiger partial charge in [0.15, 0.2) is 0 Å². The van der Waals surface area contributed by atoms with Crippen LogP contribution in [0.1, 0.15) is 23.6 Å². The van der Waals surface area contributed by atoms with Gasteiger partial charge in [0.1, 0.15) is 6.26 Å². The van der Waals surface area contributed by atoms with Crippen molar-refractivity contribution in [2.75, 3.05) is 18.0 Å². The second-order valence-electron chi connectivity index (χ2n) is 4.67. The van der Waals surface area contributed by atoms with Crippen molar-refractivity contribution in [2.24, 2.45) is 5.73 Å². The highest BCUT2D eigenvalue weighted by Crippen LogP contribution is 2.30. The molecule has 4 heteroatoms. The van der Waals surface area contributed by atoms with Gasteiger partial charge in [-0.15, -0.1) is 0 Å². The van der Waals surface area contributed by atoms with Crippen LogP contribution in [0, 0.1) is 0 Å². The summed E-state index contributed by atoms with van der Waals surface area (Å²) in [6, 6.07) is 11.3. The molecule has 1 aliphatic heterocycles. The van der Waals surface area contributed by atoms with E-state index >= 15 is 0 Å². The Morgan fingerprint density at radius 3 is 2.89 bits per heavy atom. The van der Waals surface area contributed by atoms with Crippen LogP contribution < -0.4 is 10.6 Å². The van der Waals surface area contributed by atoms with Crippen molar-refractivity contribution in [1.29, 1.82) is 0 Å². The molecular formula is C14H17N3O. The quantitative estimate of drug-likeness (QED) is 0.897. The normalized spacial score (nSPS) is 19.4. The van der Waals surface area contributed by atoms with E-state index in [9.17, 15) is 0 Å². The Morgan fingerprint density at radius 2 is 2.17 bits per heavy atom. The molecule has 1 fully saturated rings. The average Bonchev–Trinajstić information content (AvgIpc) is 3.08. The van der Waals surface area contributed by atoms with Crippen molar-refractivity contribution >= 4 is 6.01 Å². The number of oxazole rings is 1. The predicted molar refractivity (Wildman–Crippen MR) is 70.4 cm³/mol. The summed E-state index contributed by atoms with van der Waals surface area (Å²) in [5, 5.41) is 0. The molecule has 18 heavy (non-hydrogen) atoms. The number of aromatic nitrogens is 1. The van der Waals surface area contributed by atoms with E-state index < -0.39 is 0 Å². The van der Waals surface area contributed by atoms with Gasteiger partial charge in [0.2, 0.25) is 0 Å². The molecule has 1 aliphatic rings. The number of nitrogens with zero attached hydrogens (tertiary/aromatic N) is 2. The SMILES string of the molecule is NCc1coc(N2CCC(c3ccccc3)C2)n1. The number of hydrogen-bond donors (Lipinski definition) is 1. The van der Waals surface area contributed by atoms with Crippen LogP contribution in [-0.4, -0.2) is 18.1 Å². The largest absolute Gasteiger partial charge is 0.432 e. The van der Waals surface area contributed by atoms with E-state index in [-0.39, 0.29) is 0 Å². The lowest BCUT2D eigenvalue weighted by molar-refractivity contribution is 0.545. The van der Waals surface area contributed by atoms with Gasteiger partial charge in [0, 0.05) is 25.6 Å². The molecule has 0 radical (unpaired) electrons. The van der Waals surface area contributed by atoms with Gasteiger partial charge in [0.05, 0.1) is 5.69 Å². The average molecular weight is 243 g/mol. The fourth-order valence-electron chi connectivity index (χ4n) is 2.47. The molecule has 2 heterocycles. The molecule has 2 N–H and O–H groups in total. The molecule has 1 unspecified atom stereocenters. The molecule has 94 valence electrons. The summed E-state index contributed by atoms with van der Waals surface area (Å²) < 4.78 is 5.46. The molecule has 4 nitrogen and oxygen atoms in total. The summed E-state index contributed by atoms with van der Waals surface area (Å²) in [4.78, 5) is 6.56. The van der Waals surface area contributed by atoms with Gasteiger partial charge < -0.3 is 15.1 Å². The second-order valence-corrected chi connectivity index (χ2v) is 4.67. The molecule has 1 saturated heterocycles. The highest BCUT2D eigenvalue weighted by Gasteiger charge is 2.26. The molecule has 1 aromatic heterocycles. The predicted octanol–water partition coefficient (Wildman–Crippen LogP) is 2.13. The smallest absolute Gasteiger partial charge is 0.297 e. The third-order valence-corrected chi connectivity index (χ3v) is 3.48. The zero-order valence-corrected chi connectivity index (χ0v) is 10.2. The van der Waals surface area contributed by atoms with Crippen molar-refractivity contribution in [1.82, 2.24) is 4.98 Å². The fourth-order valence-corrected chi connectivity index (χ4v) is 2.47. The molecule has 0 aliphatic carbocycles. The molecule has 1 atom stereocenters. The van der Waals surface area contributed by atoms with Crippen LogP contribution in [0.2, 0.25) is 0 Å². The van der Waals surface area contributed by atoms with Gasteiger partial charge >= 0.3 is 0 Å². The van der Waals surface area contributed by atoms with E-state index in [1.165, 1.54) is 5.56 Å². The molecule has 0 amide bonds. The monoisotopic (exact) mass is 243 g/mol. The number of anilines is 1. The number of hydrogen-bond acceptors (Lipinski definition) is 4. The maximum atomic E-state index is 5.54. The minimum absolute atomic E-state index is 0.430. The minimum atomic E-state index is 0.430. The van der Waals surface area contributed by atoms with Crippen molar-refractivity contribution in [3.63, 3.8) is 0 Å². The Bertz CT molecular complexity index is 509. The summed E-state index contributed by atoms with van der Waals surface area (Å²) in [5.41, 5.74) is 7.75. The summed E-state index contributed by atoms with van der Waals surface area (Å²) >= 11 is 0. The van der Waals surface area contributed by atoms with Crippen molar-refractivity contribution < 1.29 is 4.42 Å². The third-order valence-electron chi connectivity index (χ3n) is 3.48. The molecule has 0 spiro atoms. The Kier molecular flexibility index (Phi) is 3.02. The molecule has 2 aromatic rings. The van der Waals surface area contributed by atoms with E-state index in [4.69, 9.17) is 10.2 Å². The first kappa shape index (κ1) is 11.3. The Morgan fingerprint density at radius 1 is 1.33 bits per heavy atom. The van der Waals surface area contributed by atoms with Crippen LogP contribution in [-0.2, 0) is 6.54 Å². The van der Waals surface area contributed by atoms with Crippen molar-refractivity contribution in [3.8, 4) is 0 Å². The first-order chi connectivity index (χ1) is 8.86. The highest BCUT2D eigenvalue weighted by molar-refractivity contribution is 5.33. The van der Waals surface area contributed by atoms with Crippen LogP contribution in [0.4, 0.5) is 6.01 Å². The van der Waals surface area contributed by atoms with Gasteiger partial charge in [-0.05, 0) is 12.0 Å². The lowest BCUT2D eigenvalue weighted by Crippen LogP contribution is -2.19. The summed E-state index contributed by atoms with van der Waals surface area (Å²) in [7, 11) is 0. The lowest BCUT2D eigenvalue weighted by atomic mass is 9.99. The summed E-state index contributed by atoms with van der Waals surface area (Å²) in [5.74, 6) is 0.569. The first-order valence-electron chi connectivity index (χ1n) is 6.31. The fraction of sp³-hybridized carbons (Fsp3) is 0.357. The van der Waals surface area contributed by atoms with Crippen molar-refractivity contribution in [3.05, 3.63) is 47.9 Å². The van der Waals surface area contributed by atoms with Gasteiger partial charge in [-0.3, -0.25) is 0 Å². The standard InChI is InChI=1S/C14H17N3O/c15-8-13-10-18-14(16-13)17-7-6-12(9-17)11-4-2-1-3-5-11/h1-5,10,12H,6-9,15H2. The van der Waals surface area contributed by atoms with Crippen molar-refractivity contribution in [2.45, 2.75) is 18.9 Å². The molecule has 1 aromatic carbocycles. The number of rotatable bonds is 3. The van der Waals surface area contributed by atoms with E-state index in [1.807, 2.05) is 0 Å². The molecule has 0 saturated carbocycles.